The quantitative estimate of drug-likeness (QED) is 0.600. The van der Waals surface area contributed by atoms with Crippen LogP contribution in [0.25, 0.3) is 0 Å². The molecule has 1 rings (SSSR count). The molecule has 0 radical (unpaired) electrons. The molecule has 0 spiro atoms. The number of hydrogen-bond donors (Lipinski definition) is 2. The zero-order valence-electron chi connectivity index (χ0n) is 10.5. The highest BCUT2D eigenvalue weighted by molar-refractivity contribution is 9.10. The van der Waals surface area contributed by atoms with Crippen molar-refractivity contribution in [3.05, 3.63) is 28.2 Å². The first-order valence-corrected chi connectivity index (χ1v) is 6.85. The Balaban J connectivity index is 2.34. The lowest BCUT2D eigenvalue weighted by molar-refractivity contribution is 0.0912. The van der Waals surface area contributed by atoms with Crippen LogP contribution in [0.5, 0.6) is 0 Å². The molecular formula is C13H19BrN2O2. The third kappa shape index (κ3) is 5.06. The summed E-state index contributed by atoms with van der Waals surface area (Å²) in [6.45, 7) is 3.90. The number of halogens is 1. The van der Waals surface area contributed by atoms with Crippen molar-refractivity contribution in [3.63, 3.8) is 0 Å². The molecule has 1 aromatic rings. The Morgan fingerprint density at radius 1 is 1.44 bits per heavy atom. The zero-order valence-corrected chi connectivity index (χ0v) is 12.1. The number of nitrogens with one attached hydrogen (secondary N) is 1. The second-order valence-electron chi connectivity index (χ2n) is 3.96. The smallest absolute Gasteiger partial charge is 0.252 e. The van der Waals surface area contributed by atoms with Gasteiger partial charge in [0.15, 0.2) is 0 Å². The summed E-state index contributed by atoms with van der Waals surface area (Å²) in [7, 11) is 0. The van der Waals surface area contributed by atoms with E-state index < -0.39 is 0 Å². The average Bonchev–Trinajstić information content (AvgIpc) is 2.36. The van der Waals surface area contributed by atoms with Gasteiger partial charge < -0.3 is 15.8 Å². The Labute approximate surface area is 116 Å². The molecule has 4 nitrogen and oxygen atoms in total. The first-order valence-electron chi connectivity index (χ1n) is 6.06. The number of benzene rings is 1. The summed E-state index contributed by atoms with van der Waals surface area (Å²) in [6.07, 6.45) is 2.16. The molecule has 3 N–H and O–H groups in total. The van der Waals surface area contributed by atoms with Crippen molar-refractivity contribution in [1.29, 1.82) is 0 Å². The molecule has 0 fully saturated rings. The van der Waals surface area contributed by atoms with E-state index in [1.165, 1.54) is 0 Å². The normalized spacial score (nSPS) is 10.3. The van der Waals surface area contributed by atoms with Crippen LogP contribution in [0.1, 0.15) is 30.1 Å². The van der Waals surface area contributed by atoms with Crippen LogP contribution >= 0.6 is 15.9 Å². The molecule has 0 aliphatic heterocycles. The molecule has 1 aromatic carbocycles. The SMILES string of the molecule is CCCCOCCNC(=O)c1cc(N)ccc1Br. The summed E-state index contributed by atoms with van der Waals surface area (Å²) < 4.78 is 6.10. The summed E-state index contributed by atoms with van der Waals surface area (Å²) >= 11 is 3.33. The van der Waals surface area contributed by atoms with Gasteiger partial charge in [-0.3, -0.25) is 4.79 Å². The van der Waals surface area contributed by atoms with Crippen LogP contribution < -0.4 is 11.1 Å². The monoisotopic (exact) mass is 314 g/mol. The van der Waals surface area contributed by atoms with Gasteiger partial charge in [0.05, 0.1) is 12.2 Å². The molecule has 0 aromatic heterocycles. The minimum atomic E-state index is -0.145. The number of hydrogen-bond acceptors (Lipinski definition) is 3. The molecule has 0 saturated heterocycles. The Morgan fingerprint density at radius 3 is 2.94 bits per heavy atom. The first kappa shape index (κ1) is 15.0. The van der Waals surface area contributed by atoms with Gasteiger partial charge in [-0.1, -0.05) is 13.3 Å². The predicted molar refractivity (Wildman–Crippen MR) is 76.6 cm³/mol. The van der Waals surface area contributed by atoms with E-state index in [2.05, 4.69) is 28.2 Å². The Morgan fingerprint density at radius 2 is 2.22 bits per heavy atom. The summed E-state index contributed by atoms with van der Waals surface area (Å²) in [5, 5.41) is 2.79. The van der Waals surface area contributed by atoms with Gasteiger partial charge >= 0.3 is 0 Å². The maximum atomic E-state index is 11.9. The van der Waals surface area contributed by atoms with Crippen LogP contribution in [0.4, 0.5) is 5.69 Å². The molecule has 0 saturated carbocycles. The van der Waals surface area contributed by atoms with Crippen molar-refractivity contribution in [2.24, 2.45) is 0 Å². The van der Waals surface area contributed by atoms with Gasteiger partial charge in [-0.05, 0) is 40.5 Å². The molecule has 18 heavy (non-hydrogen) atoms. The van der Waals surface area contributed by atoms with Crippen molar-refractivity contribution >= 4 is 27.5 Å². The van der Waals surface area contributed by atoms with Gasteiger partial charge in [-0.15, -0.1) is 0 Å². The fraction of sp³-hybridized carbons (Fsp3) is 0.462. The van der Waals surface area contributed by atoms with E-state index in [0.29, 0.717) is 24.4 Å². The fourth-order valence-corrected chi connectivity index (χ4v) is 1.82. The summed E-state index contributed by atoms with van der Waals surface area (Å²) in [5.41, 5.74) is 6.77. The molecule has 0 heterocycles. The minimum Gasteiger partial charge on any atom is -0.399 e. The Hall–Kier alpha value is -1.07. The van der Waals surface area contributed by atoms with Gasteiger partial charge in [0, 0.05) is 23.3 Å². The van der Waals surface area contributed by atoms with Gasteiger partial charge in [0.25, 0.3) is 5.91 Å². The number of nitrogens with two attached hydrogens (primary N) is 1. The summed E-state index contributed by atoms with van der Waals surface area (Å²) in [6, 6.07) is 5.16. The van der Waals surface area contributed by atoms with Gasteiger partial charge in [0.1, 0.15) is 0 Å². The minimum absolute atomic E-state index is 0.145. The second-order valence-corrected chi connectivity index (χ2v) is 4.82. The Kier molecular flexibility index (Phi) is 6.75. The highest BCUT2D eigenvalue weighted by Gasteiger charge is 2.09. The molecule has 0 atom stereocenters. The number of ether oxygens (including phenoxy) is 1. The highest BCUT2D eigenvalue weighted by atomic mass is 79.9. The van der Waals surface area contributed by atoms with Crippen LogP contribution in [-0.2, 0) is 4.74 Å². The number of amides is 1. The van der Waals surface area contributed by atoms with Crippen molar-refractivity contribution in [3.8, 4) is 0 Å². The van der Waals surface area contributed by atoms with E-state index in [-0.39, 0.29) is 5.91 Å². The van der Waals surface area contributed by atoms with E-state index in [1.54, 1.807) is 18.2 Å². The van der Waals surface area contributed by atoms with Crippen LogP contribution in [0.2, 0.25) is 0 Å². The van der Waals surface area contributed by atoms with Crippen molar-refractivity contribution in [1.82, 2.24) is 5.32 Å². The van der Waals surface area contributed by atoms with Gasteiger partial charge in [0.2, 0.25) is 0 Å². The van der Waals surface area contributed by atoms with Crippen LogP contribution in [0.15, 0.2) is 22.7 Å². The number of anilines is 1. The van der Waals surface area contributed by atoms with Crippen molar-refractivity contribution < 1.29 is 9.53 Å². The lowest BCUT2D eigenvalue weighted by Gasteiger charge is -2.08. The maximum absolute atomic E-state index is 11.9. The molecule has 5 heteroatoms. The molecule has 100 valence electrons. The third-order valence-electron chi connectivity index (χ3n) is 2.41. The third-order valence-corrected chi connectivity index (χ3v) is 3.10. The first-order chi connectivity index (χ1) is 8.65. The van der Waals surface area contributed by atoms with E-state index in [0.717, 1.165) is 23.9 Å². The second kappa shape index (κ2) is 8.11. The number of unbranched alkanes of at least 4 members (excludes halogenated alkanes) is 1. The number of carbonyl (C=O) groups excluding carboxylic acids is 1. The Bertz CT molecular complexity index is 397. The van der Waals surface area contributed by atoms with Crippen LogP contribution in [0.3, 0.4) is 0 Å². The van der Waals surface area contributed by atoms with Crippen molar-refractivity contribution in [2.45, 2.75) is 19.8 Å². The van der Waals surface area contributed by atoms with Crippen LogP contribution in [0, 0.1) is 0 Å². The predicted octanol–water partition coefficient (Wildman–Crippen LogP) is 2.58. The maximum Gasteiger partial charge on any atom is 0.252 e. The number of nitrogen functional groups attached to an aromatic ring is 1. The van der Waals surface area contributed by atoms with Crippen molar-refractivity contribution in [2.75, 3.05) is 25.5 Å². The lowest BCUT2D eigenvalue weighted by atomic mass is 10.2. The summed E-state index contributed by atoms with van der Waals surface area (Å²) in [4.78, 5) is 11.9. The molecule has 0 aliphatic carbocycles. The molecule has 1 amide bonds. The molecule has 0 bridgehead atoms. The van der Waals surface area contributed by atoms with E-state index in [4.69, 9.17) is 10.5 Å². The lowest BCUT2D eigenvalue weighted by Crippen LogP contribution is -2.27. The standard InChI is InChI=1S/C13H19BrN2O2/c1-2-3-7-18-8-6-16-13(17)11-9-10(15)4-5-12(11)14/h4-5,9H,2-3,6-8,15H2,1H3,(H,16,17). The van der Waals surface area contributed by atoms with E-state index in [1.807, 2.05) is 0 Å². The molecule has 0 aliphatic rings. The van der Waals surface area contributed by atoms with Gasteiger partial charge in [-0.2, -0.15) is 0 Å². The highest BCUT2D eigenvalue weighted by Crippen LogP contribution is 2.19. The number of carbonyl (C=O) groups is 1. The number of rotatable bonds is 7. The fourth-order valence-electron chi connectivity index (χ4n) is 1.40. The summed E-state index contributed by atoms with van der Waals surface area (Å²) in [5.74, 6) is -0.145. The zero-order chi connectivity index (χ0) is 13.4. The topological polar surface area (TPSA) is 64.3 Å². The average molecular weight is 315 g/mol. The van der Waals surface area contributed by atoms with E-state index in [9.17, 15) is 4.79 Å². The molecule has 0 unspecified atom stereocenters. The van der Waals surface area contributed by atoms with Gasteiger partial charge in [-0.25, -0.2) is 0 Å². The molecular weight excluding hydrogens is 296 g/mol. The van der Waals surface area contributed by atoms with E-state index >= 15 is 0 Å². The van der Waals surface area contributed by atoms with Crippen LogP contribution in [-0.4, -0.2) is 25.7 Å². The largest absolute Gasteiger partial charge is 0.399 e.